The van der Waals surface area contributed by atoms with E-state index in [0.717, 1.165) is 12.1 Å². The number of ketones is 1. The predicted molar refractivity (Wildman–Crippen MR) is 72.9 cm³/mol. The number of benzene rings is 2. The predicted octanol–water partition coefficient (Wildman–Crippen LogP) is 4.60. The summed E-state index contributed by atoms with van der Waals surface area (Å²) in [5.74, 6) is -0.365. The van der Waals surface area contributed by atoms with Gasteiger partial charge in [0.15, 0.2) is 5.78 Å². The average molecular weight is 315 g/mol. The number of carbonyl (C=O) groups excluding carboxylic acids is 1. The summed E-state index contributed by atoms with van der Waals surface area (Å²) in [5.41, 5.74) is -1.42. The number of halogens is 4. The number of methoxy groups -OCH3 is 1. The highest BCUT2D eigenvalue weighted by atomic mass is 35.5. The minimum Gasteiger partial charge on any atom is -0.497 e. The van der Waals surface area contributed by atoms with Gasteiger partial charge in [-0.25, -0.2) is 0 Å². The molecule has 0 saturated heterocycles. The van der Waals surface area contributed by atoms with Gasteiger partial charge in [-0.3, -0.25) is 4.79 Å². The zero-order chi connectivity index (χ0) is 15.6. The van der Waals surface area contributed by atoms with Crippen LogP contribution in [0.5, 0.6) is 5.75 Å². The summed E-state index contributed by atoms with van der Waals surface area (Å²) >= 11 is 5.94. The van der Waals surface area contributed by atoms with Crippen molar-refractivity contribution in [2.45, 2.75) is 6.18 Å². The van der Waals surface area contributed by atoms with E-state index >= 15 is 0 Å². The molecule has 0 bridgehead atoms. The number of ether oxygens (including phenoxy) is 1. The van der Waals surface area contributed by atoms with Gasteiger partial charge in [-0.1, -0.05) is 29.8 Å². The van der Waals surface area contributed by atoms with Gasteiger partial charge in [0.25, 0.3) is 0 Å². The van der Waals surface area contributed by atoms with E-state index in [9.17, 15) is 18.0 Å². The van der Waals surface area contributed by atoms with Gasteiger partial charge in [0.05, 0.1) is 17.7 Å². The van der Waals surface area contributed by atoms with Crippen LogP contribution in [0, 0.1) is 0 Å². The molecule has 2 rings (SSSR count). The molecule has 0 saturated carbocycles. The maximum atomic E-state index is 12.9. The van der Waals surface area contributed by atoms with Crippen LogP contribution in [0.25, 0.3) is 0 Å². The van der Waals surface area contributed by atoms with Crippen molar-refractivity contribution in [3.63, 3.8) is 0 Å². The van der Waals surface area contributed by atoms with Crippen molar-refractivity contribution in [1.82, 2.24) is 0 Å². The Bertz CT molecular complexity index is 681. The fourth-order valence-electron chi connectivity index (χ4n) is 1.88. The molecule has 0 aliphatic rings. The van der Waals surface area contributed by atoms with Gasteiger partial charge in [-0.2, -0.15) is 13.2 Å². The summed E-state index contributed by atoms with van der Waals surface area (Å²) in [7, 11) is 1.42. The summed E-state index contributed by atoms with van der Waals surface area (Å²) in [6, 6.07) is 8.79. The fourth-order valence-corrected chi connectivity index (χ4v) is 2.14. The lowest BCUT2D eigenvalue weighted by molar-refractivity contribution is -0.137. The Kier molecular flexibility index (Phi) is 4.23. The fraction of sp³-hybridized carbons (Fsp3) is 0.133. The molecule has 0 aromatic heterocycles. The standard InChI is InChI=1S/C15H10ClF3O2/c1-21-9-6-7-11(13(16)8-9)14(20)10-4-2-3-5-12(10)15(17,18)19/h2-8H,1H3. The van der Waals surface area contributed by atoms with Gasteiger partial charge in [-0.05, 0) is 24.3 Å². The molecule has 0 spiro atoms. The van der Waals surface area contributed by atoms with Crippen molar-refractivity contribution < 1.29 is 22.7 Å². The largest absolute Gasteiger partial charge is 0.497 e. The second-order valence-corrected chi connectivity index (χ2v) is 4.63. The van der Waals surface area contributed by atoms with Crippen molar-refractivity contribution in [3.8, 4) is 5.75 Å². The topological polar surface area (TPSA) is 26.3 Å². The molecule has 0 aliphatic heterocycles. The Morgan fingerprint density at radius 1 is 1.10 bits per heavy atom. The summed E-state index contributed by atoms with van der Waals surface area (Å²) in [6.07, 6.45) is -4.61. The second kappa shape index (κ2) is 5.77. The van der Waals surface area contributed by atoms with Crippen LogP contribution in [0.4, 0.5) is 13.2 Å². The number of carbonyl (C=O) groups is 1. The Hall–Kier alpha value is -2.01. The highest BCUT2D eigenvalue weighted by Gasteiger charge is 2.35. The summed E-state index contributed by atoms with van der Waals surface area (Å²) in [4.78, 5) is 12.3. The van der Waals surface area contributed by atoms with E-state index in [-0.39, 0.29) is 10.6 Å². The van der Waals surface area contributed by atoms with Crippen LogP contribution >= 0.6 is 11.6 Å². The van der Waals surface area contributed by atoms with Gasteiger partial charge in [0, 0.05) is 11.1 Å². The molecule has 0 amide bonds. The zero-order valence-corrected chi connectivity index (χ0v) is 11.6. The Morgan fingerprint density at radius 3 is 2.33 bits per heavy atom. The Balaban J connectivity index is 2.51. The van der Waals surface area contributed by atoms with Crippen molar-refractivity contribution in [3.05, 3.63) is 64.2 Å². The van der Waals surface area contributed by atoms with E-state index in [1.54, 1.807) is 0 Å². The summed E-state index contributed by atoms with van der Waals surface area (Å²) in [5, 5.41) is 0.0383. The van der Waals surface area contributed by atoms with Crippen molar-refractivity contribution in [2.24, 2.45) is 0 Å². The third-order valence-electron chi connectivity index (χ3n) is 2.90. The van der Waals surface area contributed by atoms with Crippen LogP contribution in [0.1, 0.15) is 21.5 Å². The lowest BCUT2D eigenvalue weighted by atomic mass is 9.98. The first-order valence-corrected chi connectivity index (χ1v) is 6.27. The van der Waals surface area contributed by atoms with Gasteiger partial charge in [0.2, 0.25) is 0 Å². The molecule has 21 heavy (non-hydrogen) atoms. The van der Waals surface area contributed by atoms with Gasteiger partial charge in [-0.15, -0.1) is 0 Å². The molecular formula is C15H10ClF3O2. The van der Waals surface area contributed by atoms with Crippen molar-refractivity contribution in [1.29, 1.82) is 0 Å². The molecule has 110 valence electrons. The molecule has 0 unspecified atom stereocenters. The van der Waals surface area contributed by atoms with Crippen LogP contribution in [0.2, 0.25) is 5.02 Å². The minimum atomic E-state index is -4.61. The van der Waals surface area contributed by atoms with E-state index in [0.29, 0.717) is 5.75 Å². The molecule has 6 heteroatoms. The first-order valence-electron chi connectivity index (χ1n) is 5.89. The first kappa shape index (κ1) is 15.4. The lowest BCUT2D eigenvalue weighted by Gasteiger charge is -2.12. The Labute approximate surface area is 124 Å². The zero-order valence-electron chi connectivity index (χ0n) is 10.9. The molecule has 2 aromatic rings. The second-order valence-electron chi connectivity index (χ2n) is 4.22. The van der Waals surface area contributed by atoms with Gasteiger partial charge < -0.3 is 4.74 Å². The van der Waals surface area contributed by atoms with E-state index in [4.69, 9.17) is 16.3 Å². The quantitative estimate of drug-likeness (QED) is 0.774. The Morgan fingerprint density at radius 2 is 1.76 bits per heavy atom. The minimum absolute atomic E-state index is 0.00540. The summed E-state index contributed by atoms with van der Waals surface area (Å²) in [6.45, 7) is 0. The van der Waals surface area contributed by atoms with Crippen LogP contribution < -0.4 is 4.74 Å². The number of alkyl halides is 3. The molecule has 0 N–H and O–H groups in total. The van der Waals surface area contributed by atoms with E-state index in [2.05, 4.69) is 0 Å². The monoisotopic (exact) mass is 314 g/mol. The van der Waals surface area contributed by atoms with Crippen molar-refractivity contribution >= 4 is 17.4 Å². The average Bonchev–Trinajstić information content (AvgIpc) is 2.45. The SMILES string of the molecule is COc1ccc(C(=O)c2ccccc2C(F)(F)F)c(Cl)c1. The number of hydrogen-bond acceptors (Lipinski definition) is 2. The highest BCUT2D eigenvalue weighted by molar-refractivity contribution is 6.35. The van der Waals surface area contributed by atoms with Crippen LogP contribution in [-0.2, 0) is 6.18 Å². The van der Waals surface area contributed by atoms with E-state index in [1.807, 2.05) is 0 Å². The molecular weight excluding hydrogens is 305 g/mol. The van der Waals surface area contributed by atoms with Gasteiger partial charge in [0.1, 0.15) is 5.75 Å². The molecule has 0 heterocycles. The molecule has 0 radical (unpaired) electrons. The van der Waals surface area contributed by atoms with Crippen molar-refractivity contribution in [2.75, 3.05) is 7.11 Å². The van der Waals surface area contributed by atoms with Gasteiger partial charge >= 0.3 is 6.18 Å². The molecule has 0 atom stereocenters. The third kappa shape index (κ3) is 3.19. The smallest absolute Gasteiger partial charge is 0.417 e. The maximum absolute atomic E-state index is 12.9. The molecule has 2 nitrogen and oxygen atoms in total. The first-order chi connectivity index (χ1) is 9.84. The van der Waals surface area contributed by atoms with Crippen LogP contribution in [0.3, 0.4) is 0 Å². The summed E-state index contributed by atoms with van der Waals surface area (Å²) < 4.78 is 43.8. The normalized spacial score (nSPS) is 11.3. The van der Waals surface area contributed by atoms with E-state index < -0.39 is 23.1 Å². The molecule has 0 aliphatic carbocycles. The lowest BCUT2D eigenvalue weighted by Crippen LogP contribution is -2.14. The molecule has 2 aromatic carbocycles. The highest BCUT2D eigenvalue weighted by Crippen LogP contribution is 2.34. The number of hydrogen-bond donors (Lipinski definition) is 0. The van der Waals surface area contributed by atoms with Crippen LogP contribution in [-0.4, -0.2) is 12.9 Å². The van der Waals surface area contributed by atoms with E-state index in [1.165, 1.54) is 37.4 Å². The third-order valence-corrected chi connectivity index (χ3v) is 3.21. The molecule has 0 fully saturated rings. The number of rotatable bonds is 3. The van der Waals surface area contributed by atoms with Crippen LogP contribution in [0.15, 0.2) is 42.5 Å². The maximum Gasteiger partial charge on any atom is 0.417 e.